The number of aromatic nitrogens is 1. The molecule has 0 saturated carbocycles. The van der Waals surface area contributed by atoms with Gasteiger partial charge in [-0.15, -0.1) is 0 Å². The van der Waals surface area contributed by atoms with E-state index in [1.807, 2.05) is 18.2 Å². The molecule has 0 saturated heterocycles. The van der Waals surface area contributed by atoms with Gasteiger partial charge in [0.15, 0.2) is 5.58 Å². The molecule has 2 N–H and O–H groups in total. The van der Waals surface area contributed by atoms with Crippen LogP contribution in [-0.4, -0.2) is 11.5 Å². The molecule has 17 heavy (non-hydrogen) atoms. The number of oxazole rings is 1. The van der Waals surface area contributed by atoms with Crippen LogP contribution < -0.4 is 11.1 Å². The summed E-state index contributed by atoms with van der Waals surface area (Å²) in [6.07, 6.45) is 0. The van der Waals surface area contributed by atoms with Crippen LogP contribution in [0, 0.1) is 5.41 Å². The lowest BCUT2D eigenvalue weighted by Crippen LogP contribution is -2.26. The van der Waals surface area contributed by atoms with Gasteiger partial charge in [-0.25, -0.2) is 4.79 Å². The number of rotatable bonds is 3. The van der Waals surface area contributed by atoms with E-state index in [-0.39, 0.29) is 5.41 Å². The highest BCUT2D eigenvalue weighted by Gasteiger charge is 2.09. The highest BCUT2D eigenvalue weighted by molar-refractivity contribution is 5.72. The fraction of sp³-hybridized carbons (Fsp3) is 0.462. The fourth-order valence-electron chi connectivity index (χ4n) is 1.69. The van der Waals surface area contributed by atoms with Crippen LogP contribution in [0.15, 0.2) is 27.4 Å². The van der Waals surface area contributed by atoms with Gasteiger partial charge in [-0.2, -0.15) is 0 Å². The summed E-state index contributed by atoms with van der Waals surface area (Å²) in [6, 6.07) is 5.73. The molecule has 0 aliphatic carbocycles. The Morgan fingerprint density at radius 3 is 2.82 bits per heavy atom. The molecule has 0 unspecified atom stereocenters. The third-order valence-electron chi connectivity index (χ3n) is 2.47. The molecule has 92 valence electrons. The van der Waals surface area contributed by atoms with Crippen molar-refractivity contribution in [3.8, 4) is 0 Å². The van der Waals surface area contributed by atoms with Crippen molar-refractivity contribution in [2.75, 3.05) is 6.54 Å². The molecule has 1 aromatic carbocycles. The summed E-state index contributed by atoms with van der Waals surface area (Å²) >= 11 is 0. The van der Waals surface area contributed by atoms with Crippen molar-refractivity contribution in [1.82, 2.24) is 10.3 Å². The topological polar surface area (TPSA) is 58.0 Å². The van der Waals surface area contributed by atoms with Crippen molar-refractivity contribution >= 4 is 11.1 Å². The van der Waals surface area contributed by atoms with Crippen molar-refractivity contribution in [2.24, 2.45) is 5.41 Å². The first-order chi connectivity index (χ1) is 7.94. The van der Waals surface area contributed by atoms with Crippen LogP contribution in [0.1, 0.15) is 26.3 Å². The fourth-order valence-corrected chi connectivity index (χ4v) is 1.69. The monoisotopic (exact) mass is 234 g/mol. The number of benzene rings is 1. The molecule has 1 aromatic heterocycles. The Kier molecular flexibility index (Phi) is 3.07. The Bertz CT molecular complexity index is 561. The number of H-pyrrole nitrogens is 1. The van der Waals surface area contributed by atoms with Crippen molar-refractivity contribution in [3.63, 3.8) is 0 Å². The number of hydrogen-bond donors (Lipinski definition) is 2. The third-order valence-corrected chi connectivity index (χ3v) is 2.47. The van der Waals surface area contributed by atoms with E-state index < -0.39 is 5.76 Å². The predicted octanol–water partition coefficient (Wildman–Crippen LogP) is 2.26. The summed E-state index contributed by atoms with van der Waals surface area (Å²) in [6.45, 7) is 8.32. The Balaban J connectivity index is 2.06. The smallest absolute Gasteiger partial charge is 0.408 e. The maximum atomic E-state index is 11.0. The quantitative estimate of drug-likeness (QED) is 0.856. The first kappa shape index (κ1) is 11.9. The predicted molar refractivity (Wildman–Crippen MR) is 68.0 cm³/mol. The van der Waals surface area contributed by atoms with Gasteiger partial charge in [-0.3, -0.25) is 4.98 Å². The Morgan fingerprint density at radius 2 is 2.12 bits per heavy atom. The summed E-state index contributed by atoms with van der Waals surface area (Å²) < 4.78 is 4.95. The number of aromatic amines is 1. The second-order valence-electron chi connectivity index (χ2n) is 5.51. The maximum Gasteiger partial charge on any atom is 0.417 e. The van der Waals surface area contributed by atoms with E-state index >= 15 is 0 Å². The van der Waals surface area contributed by atoms with Gasteiger partial charge in [-0.05, 0) is 23.1 Å². The van der Waals surface area contributed by atoms with Gasteiger partial charge >= 0.3 is 5.76 Å². The van der Waals surface area contributed by atoms with Crippen LogP contribution in [0.25, 0.3) is 11.1 Å². The highest BCUT2D eigenvalue weighted by Crippen LogP contribution is 2.13. The van der Waals surface area contributed by atoms with Crippen LogP contribution in [0.2, 0.25) is 0 Å². The Morgan fingerprint density at radius 1 is 1.35 bits per heavy atom. The molecule has 0 aliphatic heterocycles. The van der Waals surface area contributed by atoms with Gasteiger partial charge in [0.25, 0.3) is 0 Å². The lowest BCUT2D eigenvalue weighted by atomic mass is 9.97. The van der Waals surface area contributed by atoms with E-state index in [9.17, 15) is 4.79 Å². The SMILES string of the molecule is CC(C)(C)CNCc1ccc2oc(=O)[nH]c2c1. The highest BCUT2D eigenvalue weighted by atomic mass is 16.4. The standard InChI is InChI=1S/C13H18N2O2/c1-13(2,3)8-14-7-9-4-5-11-10(6-9)15-12(16)17-11/h4-6,14H,7-8H2,1-3H3,(H,15,16). The van der Waals surface area contributed by atoms with E-state index in [2.05, 4.69) is 31.1 Å². The minimum Gasteiger partial charge on any atom is -0.408 e. The molecule has 2 aromatic rings. The van der Waals surface area contributed by atoms with Crippen LogP contribution >= 0.6 is 0 Å². The number of hydrogen-bond acceptors (Lipinski definition) is 3. The molecule has 0 aliphatic rings. The van der Waals surface area contributed by atoms with Crippen molar-refractivity contribution in [2.45, 2.75) is 27.3 Å². The minimum absolute atomic E-state index is 0.272. The van der Waals surface area contributed by atoms with Crippen LogP contribution in [0.4, 0.5) is 0 Å². The molecule has 0 spiro atoms. The normalized spacial score (nSPS) is 12.2. The van der Waals surface area contributed by atoms with Gasteiger partial charge < -0.3 is 9.73 Å². The molecule has 0 radical (unpaired) electrons. The van der Waals surface area contributed by atoms with E-state index in [1.165, 1.54) is 0 Å². The molecule has 0 atom stereocenters. The van der Waals surface area contributed by atoms with Crippen LogP contribution in [0.5, 0.6) is 0 Å². The van der Waals surface area contributed by atoms with Crippen LogP contribution in [0.3, 0.4) is 0 Å². The summed E-state index contributed by atoms with van der Waals surface area (Å²) in [4.78, 5) is 13.7. The summed E-state index contributed by atoms with van der Waals surface area (Å²) in [5, 5.41) is 3.39. The molecule has 2 rings (SSSR count). The minimum atomic E-state index is -0.403. The zero-order chi connectivity index (χ0) is 12.5. The molecular formula is C13H18N2O2. The van der Waals surface area contributed by atoms with E-state index in [0.29, 0.717) is 5.58 Å². The largest absolute Gasteiger partial charge is 0.417 e. The molecule has 1 heterocycles. The molecule has 0 amide bonds. The maximum absolute atomic E-state index is 11.0. The molecule has 0 bridgehead atoms. The van der Waals surface area contributed by atoms with Crippen molar-refractivity contribution in [3.05, 3.63) is 34.3 Å². The van der Waals surface area contributed by atoms with Gasteiger partial charge in [0, 0.05) is 13.1 Å². The lowest BCUT2D eigenvalue weighted by Gasteiger charge is -2.18. The molecule has 4 heteroatoms. The van der Waals surface area contributed by atoms with Gasteiger partial charge in [-0.1, -0.05) is 26.8 Å². The Hall–Kier alpha value is -1.55. The molecule has 4 nitrogen and oxygen atoms in total. The van der Waals surface area contributed by atoms with Crippen molar-refractivity contribution < 1.29 is 4.42 Å². The molecule has 0 fully saturated rings. The zero-order valence-corrected chi connectivity index (χ0v) is 10.5. The average Bonchev–Trinajstić information content (AvgIpc) is 2.55. The first-order valence-corrected chi connectivity index (χ1v) is 5.76. The van der Waals surface area contributed by atoms with Crippen LogP contribution in [-0.2, 0) is 6.54 Å². The van der Waals surface area contributed by atoms with Gasteiger partial charge in [0.2, 0.25) is 0 Å². The first-order valence-electron chi connectivity index (χ1n) is 5.76. The van der Waals surface area contributed by atoms with E-state index in [0.717, 1.165) is 24.2 Å². The van der Waals surface area contributed by atoms with E-state index in [4.69, 9.17) is 4.42 Å². The summed E-state index contributed by atoms with van der Waals surface area (Å²) in [7, 11) is 0. The summed E-state index contributed by atoms with van der Waals surface area (Å²) in [5.41, 5.74) is 2.77. The third kappa shape index (κ3) is 3.20. The number of nitrogens with one attached hydrogen (secondary N) is 2. The van der Waals surface area contributed by atoms with E-state index in [1.54, 1.807) is 0 Å². The second-order valence-corrected chi connectivity index (χ2v) is 5.51. The Labute approximate surface area is 100 Å². The van der Waals surface area contributed by atoms with Gasteiger partial charge in [0.1, 0.15) is 0 Å². The van der Waals surface area contributed by atoms with Gasteiger partial charge in [0.05, 0.1) is 5.52 Å². The number of fused-ring (bicyclic) bond motifs is 1. The average molecular weight is 234 g/mol. The second kappa shape index (κ2) is 4.37. The van der Waals surface area contributed by atoms with Crippen molar-refractivity contribution in [1.29, 1.82) is 0 Å². The molecular weight excluding hydrogens is 216 g/mol. The summed E-state index contributed by atoms with van der Waals surface area (Å²) in [5.74, 6) is -0.403. The zero-order valence-electron chi connectivity index (χ0n) is 10.5. The lowest BCUT2D eigenvalue weighted by molar-refractivity contribution is 0.379.